The van der Waals surface area contributed by atoms with Crippen LogP contribution in [-0.4, -0.2) is 24.5 Å². The molecule has 2 aromatic rings. The zero-order valence-electron chi connectivity index (χ0n) is 9.86. The highest BCUT2D eigenvalue weighted by atomic mass is 32.1. The maximum absolute atomic E-state index is 11.8. The van der Waals surface area contributed by atoms with Crippen LogP contribution in [0.1, 0.15) is 6.92 Å². The molecule has 90 valence electrons. The van der Waals surface area contributed by atoms with Crippen molar-refractivity contribution in [2.24, 2.45) is 5.92 Å². The van der Waals surface area contributed by atoms with E-state index in [9.17, 15) is 4.79 Å². The molecule has 0 aliphatic carbocycles. The molecule has 2 rings (SSSR count). The lowest BCUT2D eigenvalue weighted by molar-refractivity contribution is -0.119. The molecule has 0 saturated heterocycles. The van der Waals surface area contributed by atoms with Gasteiger partial charge >= 0.3 is 0 Å². The molecule has 4 nitrogen and oxygen atoms in total. The summed E-state index contributed by atoms with van der Waals surface area (Å²) >= 11 is 1.57. The van der Waals surface area contributed by atoms with Crippen LogP contribution in [-0.2, 0) is 4.79 Å². The summed E-state index contributed by atoms with van der Waals surface area (Å²) in [5.74, 6) is -0.0135. The first-order chi connectivity index (χ1) is 8.20. The Balaban J connectivity index is 2.09. The molecular formula is C12H15N3OS. The smallest absolute Gasteiger partial charge is 0.228 e. The summed E-state index contributed by atoms with van der Waals surface area (Å²) in [6.45, 7) is 2.58. The Morgan fingerprint density at radius 2 is 2.35 bits per heavy atom. The molecule has 0 radical (unpaired) electrons. The second-order valence-electron chi connectivity index (χ2n) is 3.98. The van der Waals surface area contributed by atoms with E-state index in [0.29, 0.717) is 6.54 Å². The van der Waals surface area contributed by atoms with Crippen LogP contribution in [0.3, 0.4) is 0 Å². The number of hydrogen-bond donors (Lipinski definition) is 2. The van der Waals surface area contributed by atoms with Crippen molar-refractivity contribution in [1.29, 1.82) is 0 Å². The topological polar surface area (TPSA) is 54.0 Å². The number of hydrogen-bond acceptors (Lipinski definition) is 4. The molecular weight excluding hydrogens is 234 g/mol. The minimum Gasteiger partial charge on any atom is -0.326 e. The van der Waals surface area contributed by atoms with E-state index in [1.807, 2.05) is 32.2 Å². The van der Waals surface area contributed by atoms with Gasteiger partial charge in [0, 0.05) is 18.2 Å². The largest absolute Gasteiger partial charge is 0.326 e. The number of aromatic nitrogens is 1. The molecule has 1 aromatic heterocycles. The highest BCUT2D eigenvalue weighted by Crippen LogP contribution is 2.22. The monoisotopic (exact) mass is 249 g/mol. The van der Waals surface area contributed by atoms with E-state index in [0.717, 1.165) is 15.9 Å². The number of carbonyl (C=O) groups is 1. The number of nitrogens with one attached hydrogen (secondary N) is 2. The summed E-state index contributed by atoms with van der Waals surface area (Å²) in [7, 11) is 1.84. The molecule has 1 heterocycles. The van der Waals surface area contributed by atoms with Gasteiger partial charge in [-0.25, -0.2) is 4.98 Å². The highest BCUT2D eigenvalue weighted by molar-refractivity contribution is 7.16. The quantitative estimate of drug-likeness (QED) is 0.872. The van der Waals surface area contributed by atoms with Crippen LogP contribution in [0, 0.1) is 5.92 Å². The van der Waals surface area contributed by atoms with E-state index in [1.165, 1.54) is 0 Å². The summed E-state index contributed by atoms with van der Waals surface area (Å²) in [6.07, 6.45) is 0. The Hall–Kier alpha value is -1.46. The minimum atomic E-state index is -0.0443. The number of thiazole rings is 1. The van der Waals surface area contributed by atoms with Gasteiger partial charge in [0.15, 0.2) is 0 Å². The van der Waals surface area contributed by atoms with Gasteiger partial charge in [-0.15, -0.1) is 11.3 Å². The normalized spacial score (nSPS) is 12.6. The lowest BCUT2D eigenvalue weighted by Gasteiger charge is -2.11. The van der Waals surface area contributed by atoms with Crippen molar-refractivity contribution in [3.8, 4) is 0 Å². The van der Waals surface area contributed by atoms with Crippen LogP contribution in [0.4, 0.5) is 5.69 Å². The Labute approximate surface area is 104 Å². The number of fused-ring (bicyclic) bond motifs is 1. The lowest BCUT2D eigenvalue weighted by Crippen LogP contribution is -2.28. The van der Waals surface area contributed by atoms with Crippen LogP contribution in [0.15, 0.2) is 23.7 Å². The fraction of sp³-hybridized carbons (Fsp3) is 0.333. The zero-order chi connectivity index (χ0) is 12.3. The molecule has 5 heteroatoms. The van der Waals surface area contributed by atoms with Crippen molar-refractivity contribution >= 4 is 33.1 Å². The number of benzene rings is 1. The van der Waals surface area contributed by atoms with E-state index in [-0.39, 0.29) is 11.8 Å². The fourth-order valence-corrected chi connectivity index (χ4v) is 2.31. The summed E-state index contributed by atoms with van der Waals surface area (Å²) < 4.78 is 1.09. The van der Waals surface area contributed by atoms with Gasteiger partial charge in [0.25, 0.3) is 0 Å². The molecule has 0 spiro atoms. The van der Waals surface area contributed by atoms with Crippen molar-refractivity contribution in [1.82, 2.24) is 10.3 Å². The van der Waals surface area contributed by atoms with Gasteiger partial charge in [-0.1, -0.05) is 6.92 Å². The lowest BCUT2D eigenvalue weighted by atomic mass is 10.1. The van der Waals surface area contributed by atoms with Crippen molar-refractivity contribution in [3.05, 3.63) is 23.7 Å². The van der Waals surface area contributed by atoms with Crippen molar-refractivity contribution in [3.63, 3.8) is 0 Å². The van der Waals surface area contributed by atoms with Crippen molar-refractivity contribution in [2.45, 2.75) is 6.92 Å². The molecule has 1 aromatic carbocycles. The maximum atomic E-state index is 11.8. The van der Waals surface area contributed by atoms with E-state index in [1.54, 1.807) is 16.8 Å². The van der Waals surface area contributed by atoms with Crippen molar-refractivity contribution < 1.29 is 4.79 Å². The Bertz CT molecular complexity index is 523. The predicted molar refractivity (Wildman–Crippen MR) is 71.3 cm³/mol. The Morgan fingerprint density at radius 1 is 1.53 bits per heavy atom. The average Bonchev–Trinajstić information content (AvgIpc) is 2.76. The number of amides is 1. The summed E-state index contributed by atoms with van der Waals surface area (Å²) in [4.78, 5) is 16.0. The molecule has 0 fully saturated rings. The Morgan fingerprint density at radius 3 is 3.12 bits per heavy atom. The number of anilines is 1. The van der Waals surface area contributed by atoms with E-state index >= 15 is 0 Å². The summed E-state index contributed by atoms with van der Waals surface area (Å²) in [5.41, 5.74) is 3.60. The first kappa shape index (κ1) is 12.0. The third-order valence-electron chi connectivity index (χ3n) is 2.56. The van der Waals surface area contributed by atoms with E-state index < -0.39 is 0 Å². The van der Waals surface area contributed by atoms with Crippen LogP contribution >= 0.6 is 11.3 Å². The van der Waals surface area contributed by atoms with Crippen LogP contribution in [0.5, 0.6) is 0 Å². The standard InChI is InChI=1S/C12H15N3OS/c1-8(6-13-2)12(16)15-9-3-4-10-11(5-9)17-7-14-10/h3-5,7-8,13H,6H2,1-2H3,(H,15,16). The molecule has 0 aliphatic rings. The molecule has 1 atom stereocenters. The fourth-order valence-electron chi connectivity index (χ4n) is 1.60. The molecule has 0 saturated carbocycles. The summed E-state index contributed by atoms with van der Waals surface area (Å²) in [6, 6.07) is 5.76. The molecule has 0 aliphatic heterocycles. The first-order valence-electron chi connectivity index (χ1n) is 5.49. The SMILES string of the molecule is CNCC(C)C(=O)Nc1ccc2ncsc2c1. The van der Waals surface area contributed by atoms with Gasteiger partial charge in [-0.2, -0.15) is 0 Å². The van der Waals surface area contributed by atoms with Gasteiger partial charge < -0.3 is 10.6 Å². The highest BCUT2D eigenvalue weighted by Gasteiger charge is 2.12. The van der Waals surface area contributed by atoms with Crippen LogP contribution < -0.4 is 10.6 Å². The zero-order valence-corrected chi connectivity index (χ0v) is 10.7. The molecule has 1 amide bonds. The maximum Gasteiger partial charge on any atom is 0.228 e. The third-order valence-corrected chi connectivity index (χ3v) is 3.35. The summed E-state index contributed by atoms with van der Waals surface area (Å²) in [5, 5.41) is 5.90. The minimum absolute atomic E-state index is 0.0308. The first-order valence-corrected chi connectivity index (χ1v) is 6.37. The predicted octanol–water partition coefficient (Wildman–Crippen LogP) is 2.09. The number of rotatable bonds is 4. The molecule has 0 bridgehead atoms. The number of nitrogens with zero attached hydrogens (tertiary/aromatic N) is 1. The molecule has 2 N–H and O–H groups in total. The Kier molecular flexibility index (Phi) is 3.71. The van der Waals surface area contributed by atoms with Gasteiger partial charge in [0.1, 0.15) is 0 Å². The third kappa shape index (κ3) is 2.81. The van der Waals surface area contributed by atoms with Gasteiger partial charge in [0.2, 0.25) is 5.91 Å². The van der Waals surface area contributed by atoms with E-state index in [2.05, 4.69) is 15.6 Å². The van der Waals surface area contributed by atoms with Gasteiger partial charge in [-0.05, 0) is 25.2 Å². The molecule has 17 heavy (non-hydrogen) atoms. The van der Waals surface area contributed by atoms with Gasteiger partial charge in [0.05, 0.1) is 15.7 Å². The second-order valence-corrected chi connectivity index (χ2v) is 4.87. The second kappa shape index (κ2) is 5.25. The van der Waals surface area contributed by atoms with E-state index in [4.69, 9.17) is 0 Å². The van der Waals surface area contributed by atoms with Crippen molar-refractivity contribution in [2.75, 3.05) is 18.9 Å². The van der Waals surface area contributed by atoms with Crippen LogP contribution in [0.25, 0.3) is 10.2 Å². The number of carbonyl (C=O) groups excluding carboxylic acids is 1. The molecule has 1 unspecified atom stereocenters. The van der Waals surface area contributed by atoms with Crippen LogP contribution in [0.2, 0.25) is 0 Å². The average molecular weight is 249 g/mol. The van der Waals surface area contributed by atoms with Gasteiger partial charge in [-0.3, -0.25) is 4.79 Å².